The third-order valence-corrected chi connectivity index (χ3v) is 4.69. The molecule has 6 heteroatoms. The summed E-state index contributed by atoms with van der Waals surface area (Å²) < 4.78 is 3.78. The summed E-state index contributed by atoms with van der Waals surface area (Å²) >= 11 is 0. The van der Waals surface area contributed by atoms with Crippen molar-refractivity contribution in [2.45, 2.75) is 20.0 Å². The van der Waals surface area contributed by atoms with Crippen LogP contribution in [0.25, 0.3) is 16.7 Å². The van der Waals surface area contributed by atoms with Crippen molar-refractivity contribution >= 4 is 16.9 Å². The molecule has 6 nitrogen and oxygen atoms in total. The van der Waals surface area contributed by atoms with Crippen LogP contribution < -0.4 is 0 Å². The van der Waals surface area contributed by atoms with Crippen molar-refractivity contribution in [3.63, 3.8) is 0 Å². The van der Waals surface area contributed by atoms with Gasteiger partial charge in [-0.25, -0.2) is 9.67 Å². The van der Waals surface area contributed by atoms with Gasteiger partial charge < -0.3 is 9.47 Å². The summed E-state index contributed by atoms with van der Waals surface area (Å²) in [6.07, 6.45) is 3.66. The lowest BCUT2D eigenvalue weighted by Crippen LogP contribution is -2.30. The van der Waals surface area contributed by atoms with Gasteiger partial charge in [-0.1, -0.05) is 24.3 Å². The second-order valence-electron chi connectivity index (χ2n) is 6.60. The average Bonchev–Trinajstić information content (AvgIpc) is 3.31. The zero-order valence-electron chi connectivity index (χ0n) is 15.4. The van der Waals surface area contributed by atoms with Gasteiger partial charge in [0.05, 0.1) is 16.7 Å². The Morgan fingerprint density at radius 2 is 1.85 bits per heavy atom. The van der Waals surface area contributed by atoms with Crippen LogP contribution in [-0.2, 0) is 17.9 Å². The number of aryl methyl sites for hydroxylation is 1. The minimum absolute atomic E-state index is 0.0532. The van der Waals surface area contributed by atoms with Gasteiger partial charge >= 0.3 is 0 Å². The molecule has 0 atom stereocenters. The molecule has 0 unspecified atom stereocenters. The number of nitrogens with zero attached hydrogens (tertiary/aromatic N) is 5. The van der Waals surface area contributed by atoms with Gasteiger partial charge in [-0.15, -0.1) is 0 Å². The van der Waals surface area contributed by atoms with E-state index in [4.69, 9.17) is 0 Å². The van der Waals surface area contributed by atoms with Crippen molar-refractivity contribution in [3.8, 4) is 5.69 Å². The first-order chi connectivity index (χ1) is 13.1. The van der Waals surface area contributed by atoms with E-state index < -0.39 is 0 Å². The summed E-state index contributed by atoms with van der Waals surface area (Å²) in [7, 11) is 1.83. The molecular formula is C21H21N5O. The normalized spacial score (nSPS) is 11.0. The molecule has 1 amide bonds. The van der Waals surface area contributed by atoms with Gasteiger partial charge in [0.1, 0.15) is 12.4 Å². The number of imidazole rings is 1. The maximum atomic E-state index is 12.7. The zero-order chi connectivity index (χ0) is 18.8. The van der Waals surface area contributed by atoms with Crippen molar-refractivity contribution in [3.05, 3.63) is 78.4 Å². The Morgan fingerprint density at radius 3 is 2.59 bits per heavy atom. The van der Waals surface area contributed by atoms with Crippen molar-refractivity contribution in [1.29, 1.82) is 0 Å². The highest BCUT2D eigenvalue weighted by Gasteiger charge is 2.14. The van der Waals surface area contributed by atoms with Gasteiger partial charge in [0, 0.05) is 26.0 Å². The highest BCUT2D eigenvalue weighted by atomic mass is 16.2. The molecular weight excluding hydrogens is 338 g/mol. The SMILES string of the molecule is Cc1nc2ccccc2n1CC(=O)N(C)Cc1ccc(-n2cccn2)cc1. The number of fused-ring (bicyclic) bond motifs is 1. The molecule has 2 aromatic heterocycles. The van der Waals surface area contributed by atoms with Crippen LogP contribution in [0.3, 0.4) is 0 Å². The second kappa shape index (κ2) is 7.07. The Labute approximate surface area is 157 Å². The fourth-order valence-corrected chi connectivity index (χ4v) is 3.19. The summed E-state index contributed by atoms with van der Waals surface area (Å²) in [6.45, 7) is 2.78. The lowest BCUT2D eigenvalue weighted by Gasteiger charge is -2.18. The lowest BCUT2D eigenvalue weighted by molar-refractivity contribution is -0.131. The molecule has 0 aliphatic rings. The monoisotopic (exact) mass is 359 g/mol. The first-order valence-corrected chi connectivity index (χ1v) is 8.86. The van der Waals surface area contributed by atoms with Crippen LogP contribution >= 0.6 is 0 Å². The number of carbonyl (C=O) groups is 1. The number of rotatable bonds is 5. The summed E-state index contributed by atoms with van der Waals surface area (Å²) in [5.41, 5.74) is 3.98. The van der Waals surface area contributed by atoms with E-state index >= 15 is 0 Å². The molecule has 0 saturated heterocycles. The predicted octanol–water partition coefficient (Wildman–Crippen LogP) is 3.19. The van der Waals surface area contributed by atoms with Gasteiger partial charge in [0.15, 0.2) is 0 Å². The maximum Gasteiger partial charge on any atom is 0.242 e. The number of aromatic nitrogens is 4. The van der Waals surface area contributed by atoms with E-state index in [-0.39, 0.29) is 12.5 Å². The van der Waals surface area contributed by atoms with Crippen LogP contribution in [0.1, 0.15) is 11.4 Å². The molecule has 2 heterocycles. The molecule has 27 heavy (non-hydrogen) atoms. The lowest BCUT2D eigenvalue weighted by atomic mass is 10.2. The van der Waals surface area contributed by atoms with Gasteiger partial charge in [-0.2, -0.15) is 5.10 Å². The topological polar surface area (TPSA) is 56.0 Å². The molecule has 0 spiro atoms. The molecule has 4 aromatic rings. The molecule has 0 aliphatic heterocycles. The van der Waals surface area contributed by atoms with Crippen molar-refractivity contribution < 1.29 is 4.79 Å². The molecule has 4 rings (SSSR count). The van der Waals surface area contributed by atoms with Crippen LogP contribution in [0.15, 0.2) is 67.0 Å². The quantitative estimate of drug-likeness (QED) is 0.550. The van der Waals surface area contributed by atoms with Crippen molar-refractivity contribution in [1.82, 2.24) is 24.2 Å². The minimum atomic E-state index is 0.0532. The Kier molecular flexibility index (Phi) is 4.46. The second-order valence-corrected chi connectivity index (χ2v) is 6.60. The number of amides is 1. The molecule has 0 N–H and O–H groups in total. The highest BCUT2D eigenvalue weighted by molar-refractivity contribution is 5.81. The highest BCUT2D eigenvalue weighted by Crippen LogP contribution is 2.16. The van der Waals surface area contributed by atoms with E-state index in [0.29, 0.717) is 6.54 Å². The van der Waals surface area contributed by atoms with Gasteiger partial charge in [-0.3, -0.25) is 4.79 Å². The molecule has 0 radical (unpaired) electrons. The number of hydrogen-bond donors (Lipinski definition) is 0. The van der Waals surface area contributed by atoms with Gasteiger partial charge in [-0.05, 0) is 42.8 Å². The summed E-state index contributed by atoms with van der Waals surface area (Å²) in [5.74, 6) is 0.902. The first kappa shape index (κ1) is 17.0. The van der Waals surface area contributed by atoms with Crippen LogP contribution in [0.5, 0.6) is 0 Å². The van der Waals surface area contributed by atoms with Gasteiger partial charge in [0.2, 0.25) is 5.91 Å². The number of hydrogen-bond acceptors (Lipinski definition) is 3. The minimum Gasteiger partial charge on any atom is -0.340 e. The van der Waals surface area contributed by atoms with E-state index in [1.165, 1.54) is 0 Å². The van der Waals surface area contributed by atoms with E-state index in [9.17, 15) is 4.79 Å². The zero-order valence-corrected chi connectivity index (χ0v) is 15.4. The van der Waals surface area contributed by atoms with E-state index in [2.05, 4.69) is 10.1 Å². The largest absolute Gasteiger partial charge is 0.340 e. The maximum absolute atomic E-state index is 12.7. The Bertz CT molecular complexity index is 1060. The summed E-state index contributed by atoms with van der Waals surface area (Å²) in [4.78, 5) is 19.0. The number of carbonyl (C=O) groups excluding carboxylic acids is 1. The van der Waals surface area contributed by atoms with Crippen LogP contribution in [0.4, 0.5) is 0 Å². The molecule has 2 aromatic carbocycles. The molecule has 0 saturated carbocycles. The first-order valence-electron chi connectivity index (χ1n) is 8.86. The summed E-state index contributed by atoms with van der Waals surface area (Å²) in [6, 6.07) is 17.8. The third kappa shape index (κ3) is 3.46. The Hall–Kier alpha value is -3.41. The fourth-order valence-electron chi connectivity index (χ4n) is 3.19. The van der Waals surface area contributed by atoms with Crippen LogP contribution in [0, 0.1) is 6.92 Å². The number of para-hydroxylation sites is 2. The third-order valence-electron chi connectivity index (χ3n) is 4.69. The fraction of sp³-hybridized carbons (Fsp3) is 0.190. The Morgan fingerprint density at radius 1 is 1.07 bits per heavy atom. The van der Waals surface area contributed by atoms with Crippen molar-refractivity contribution in [2.75, 3.05) is 7.05 Å². The molecule has 0 aliphatic carbocycles. The molecule has 136 valence electrons. The molecule has 0 bridgehead atoms. The summed E-state index contributed by atoms with van der Waals surface area (Å²) in [5, 5.41) is 4.22. The number of likely N-dealkylation sites (N-methyl/N-ethyl adjacent to an activating group) is 1. The molecule has 0 fully saturated rings. The predicted molar refractivity (Wildman–Crippen MR) is 105 cm³/mol. The number of benzene rings is 2. The van der Waals surface area contributed by atoms with Crippen LogP contribution in [0.2, 0.25) is 0 Å². The standard InChI is InChI=1S/C21H21N5O/c1-16-23-19-6-3-4-7-20(19)25(16)15-21(27)24(2)14-17-8-10-18(11-9-17)26-13-5-12-22-26/h3-13H,14-15H2,1-2H3. The van der Waals surface area contributed by atoms with Gasteiger partial charge in [0.25, 0.3) is 0 Å². The van der Waals surface area contributed by atoms with E-state index in [0.717, 1.165) is 28.1 Å². The van der Waals surface area contributed by atoms with E-state index in [1.807, 2.05) is 84.0 Å². The van der Waals surface area contributed by atoms with Crippen molar-refractivity contribution in [2.24, 2.45) is 0 Å². The van der Waals surface area contributed by atoms with E-state index in [1.54, 1.807) is 11.1 Å². The van der Waals surface area contributed by atoms with Crippen LogP contribution in [-0.4, -0.2) is 37.2 Å². The Balaban J connectivity index is 1.45. The smallest absolute Gasteiger partial charge is 0.242 e. The average molecular weight is 359 g/mol.